The Morgan fingerprint density at radius 3 is 2.78 bits per heavy atom. The molecular weight excluding hydrogens is 390 g/mol. The molecule has 0 saturated heterocycles. The Kier molecular flexibility index (Phi) is 5.38. The van der Waals surface area contributed by atoms with Gasteiger partial charge in [-0.3, -0.25) is 9.62 Å². The number of rotatable bonds is 5. The average molecular weight is 409 g/mol. The molecule has 1 aromatic carbocycles. The SMILES string of the molecule is CCNC(=O)N1CCc2ccc(NS(=O)(=O)c3ccsc3C(=O)OC)cc21. The van der Waals surface area contributed by atoms with Crippen LogP contribution < -0.4 is 14.9 Å². The Bertz CT molecular complexity index is 984. The molecule has 2 N–H and O–H groups in total. The number of ether oxygens (including phenoxy) is 1. The highest BCUT2D eigenvalue weighted by molar-refractivity contribution is 7.93. The number of methoxy groups -OCH3 is 1. The number of benzene rings is 1. The summed E-state index contributed by atoms with van der Waals surface area (Å²) in [6, 6.07) is 6.19. The van der Waals surface area contributed by atoms with E-state index < -0.39 is 16.0 Å². The van der Waals surface area contributed by atoms with Gasteiger partial charge in [0.25, 0.3) is 10.0 Å². The fourth-order valence-corrected chi connectivity index (χ4v) is 5.25. The number of thiophene rings is 1. The Hall–Kier alpha value is -2.59. The summed E-state index contributed by atoms with van der Waals surface area (Å²) in [7, 11) is -2.78. The van der Waals surface area contributed by atoms with Gasteiger partial charge in [0.05, 0.1) is 18.5 Å². The molecule has 0 aliphatic carbocycles. The molecule has 2 aromatic rings. The van der Waals surface area contributed by atoms with Crippen LogP contribution in [0.15, 0.2) is 34.5 Å². The molecule has 27 heavy (non-hydrogen) atoms. The number of anilines is 2. The lowest BCUT2D eigenvalue weighted by molar-refractivity contribution is 0.0602. The third-order valence-electron chi connectivity index (χ3n) is 4.10. The molecule has 3 rings (SSSR count). The molecule has 2 amide bonds. The molecule has 1 aromatic heterocycles. The highest BCUT2D eigenvalue weighted by Gasteiger charge is 2.27. The van der Waals surface area contributed by atoms with Gasteiger partial charge in [0.2, 0.25) is 0 Å². The summed E-state index contributed by atoms with van der Waals surface area (Å²) in [6.45, 7) is 2.87. The van der Waals surface area contributed by atoms with Crippen LogP contribution in [0, 0.1) is 0 Å². The number of carbonyl (C=O) groups excluding carboxylic acids is 2. The topological polar surface area (TPSA) is 105 Å². The van der Waals surface area contributed by atoms with Crippen molar-refractivity contribution >= 4 is 44.7 Å². The summed E-state index contributed by atoms with van der Waals surface area (Å²) < 4.78 is 32.5. The number of nitrogens with zero attached hydrogens (tertiary/aromatic N) is 1. The van der Waals surface area contributed by atoms with Gasteiger partial charge in [0.1, 0.15) is 9.77 Å². The van der Waals surface area contributed by atoms with Crippen LogP contribution in [0.25, 0.3) is 0 Å². The Morgan fingerprint density at radius 2 is 2.07 bits per heavy atom. The van der Waals surface area contributed by atoms with Gasteiger partial charge in [0.15, 0.2) is 0 Å². The number of esters is 1. The first-order chi connectivity index (χ1) is 12.9. The second kappa shape index (κ2) is 7.57. The molecule has 0 fully saturated rings. The maximum atomic E-state index is 12.7. The summed E-state index contributed by atoms with van der Waals surface area (Å²) in [4.78, 5) is 25.4. The predicted octanol–water partition coefficient (Wildman–Crippen LogP) is 2.43. The van der Waals surface area contributed by atoms with Crippen LogP contribution in [-0.2, 0) is 21.2 Å². The van der Waals surface area contributed by atoms with Crippen LogP contribution in [0.5, 0.6) is 0 Å². The van der Waals surface area contributed by atoms with E-state index in [4.69, 9.17) is 0 Å². The summed E-state index contributed by atoms with van der Waals surface area (Å²) in [5.74, 6) is -0.707. The van der Waals surface area contributed by atoms with Crippen LogP contribution in [0.4, 0.5) is 16.2 Å². The molecule has 0 saturated carbocycles. The minimum Gasteiger partial charge on any atom is -0.465 e. The maximum absolute atomic E-state index is 12.7. The lowest BCUT2D eigenvalue weighted by Crippen LogP contribution is -2.38. The van der Waals surface area contributed by atoms with E-state index >= 15 is 0 Å². The van der Waals surface area contributed by atoms with Crippen LogP contribution >= 0.6 is 11.3 Å². The zero-order valence-electron chi connectivity index (χ0n) is 14.8. The van der Waals surface area contributed by atoms with Gasteiger partial charge in [-0.15, -0.1) is 11.3 Å². The fraction of sp³-hybridized carbons (Fsp3) is 0.294. The third kappa shape index (κ3) is 3.76. The lowest BCUT2D eigenvalue weighted by Gasteiger charge is -2.18. The van der Waals surface area contributed by atoms with E-state index in [0.29, 0.717) is 30.9 Å². The molecular formula is C17H19N3O5S2. The molecule has 144 valence electrons. The first-order valence-corrected chi connectivity index (χ1v) is 10.6. The number of carbonyl (C=O) groups is 2. The van der Waals surface area contributed by atoms with Gasteiger partial charge in [0, 0.05) is 13.1 Å². The highest BCUT2D eigenvalue weighted by atomic mass is 32.2. The largest absolute Gasteiger partial charge is 0.465 e. The van der Waals surface area contributed by atoms with Gasteiger partial charge < -0.3 is 10.1 Å². The lowest BCUT2D eigenvalue weighted by atomic mass is 10.1. The molecule has 10 heteroatoms. The molecule has 0 atom stereocenters. The normalized spacial score (nSPS) is 13.2. The van der Waals surface area contributed by atoms with E-state index in [1.807, 2.05) is 6.92 Å². The van der Waals surface area contributed by atoms with Gasteiger partial charge in [-0.05, 0) is 42.5 Å². The van der Waals surface area contributed by atoms with Crippen molar-refractivity contribution in [3.05, 3.63) is 40.1 Å². The molecule has 1 aliphatic rings. The highest BCUT2D eigenvalue weighted by Crippen LogP contribution is 2.32. The van der Waals surface area contributed by atoms with Crippen molar-refractivity contribution in [3.8, 4) is 0 Å². The van der Waals surface area contributed by atoms with E-state index in [0.717, 1.165) is 16.9 Å². The monoisotopic (exact) mass is 409 g/mol. The standard InChI is InChI=1S/C17H19N3O5S2/c1-3-18-17(22)20-8-6-11-4-5-12(10-13(11)20)19-27(23,24)14-7-9-26-15(14)16(21)25-2/h4-5,7,9-10,19H,3,6,8H2,1-2H3,(H,18,22). The van der Waals surface area contributed by atoms with E-state index in [2.05, 4.69) is 14.8 Å². The number of fused-ring (bicyclic) bond motifs is 1. The maximum Gasteiger partial charge on any atom is 0.349 e. The number of nitrogens with one attached hydrogen (secondary N) is 2. The number of hydrogen-bond acceptors (Lipinski definition) is 6. The van der Waals surface area contributed by atoms with Crippen molar-refractivity contribution in [1.82, 2.24) is 5.32 Å². The molecule has 0 unspecified atom stereocenters. The summed E-state index contributed by atoms with van der Waals surface area (Å²) in [6.07, 6.45) is 0.705. The second-order valence-electron chi connectivity index (χ2n) is 5.79. The second-order valence-corrected chi connectivity index (χ2v) is 8.36. The Morgan fingerprint density at radius 1 is 1.30 bits per heavy atom. The Labute approximate surface area is 161 Å². The smallest absolute Gasteiger partial charge is 0.349 e. The van der Waals surface area contributed by atoms with E-state index in [1.165, 1.54) is 18.6 Å². The first kappa shape index (κ1) is 19.2. The van der Waals surface area contributed by atoms with Crippen LogP contribution in [0.1, 0.15) is 22.2 Å². The minimum absolute atomic E-state index is 0.00936. The number of hydrogen-bond donors (Lipinski definition) is 2. The zero-order chi connectivity index (χ0) is 19.6. The third-order valence-corrected chi connectivity index (χ3v) is 6.54. The predicted molar refractivity (Wildman–Crippen MR) is 103 cm³/mol. The number of sulfonamides is 1. The summed E-state index contributed by atoms with van der Waals surface area (Å²) >= 11 is 0.995. The summed E-state index contributed by atoms with van der Waals surface area (Å²) in [5, 5.41) is 4.26. The van der Waals surface area contributed by atoms with Crippen LogP contribution in [-0.4, -0.2) is 40.6 Å². The van der Waals surface area contributed by atoms with E-state index in [-0.39, 0.29) is 15.8 Å². The van der Waals surface area contributed by atoms with Gasteiger partial charge in [-0.25, -0.2) is 18.0 Å². The number of amides is 2. The van der Waals surface area contributed by atoms with Crippen molar-refractivity contribution in [3.63, 3.8) is 0 Å². The van der Waals surface area contributed by atoms with Gasteiger partial charge >= 0.3 is 12.0 Å². The minimum atomic E-state index is -3.98. The fourth-order valence-electron chi connectivity index (χ4n) is 2.86. The molecule has 8 nitrogen and oxygen atoms in total. The van der Waals surface area contributed by atoms with Gasteiger partial charge in [-0.1, -0.05) is 6.07 Å². The first-order valence-electron chi connectivity index (χ1n) is 8.24. The van der Waals surface area contributed by atoms with Crippen LogP contribution in [0.3, 0.4) is 0 Å². The molecule has 0 bridgehead atoms. The van der Waals surface area contributed by atoms with Crippen molar-refractivity contribution in [1.29, 1.82) is 0 Å². The van der Waals surface area contributed by atoms with Crippen molar-refractivity contribution in [2.24, 2.45) is 0 Å². The molecule has 0 spiro atoms. The van der Waals surface area contributed by atoms with E-state index in [9.17, 15) is 18.0 Å². The van der Waals surface area contributed by atoms with Gasteiger partial charge in [-0.2, -0.15) is 0 Å². The molecule has 2 heterocycles. The number of urea groups is 1. The van der Waals surface area contributed by atoms with Crippen molar-refractivity contribution in [2.75, 3.05) is 29.8 Å². The van der Waals surface area contributed by atoms with Crippen molar-refractivity contribution < 1.29 is 22.7 Å². The van der Waals surface area contributed by atoms with Crippen LogP contribution in [0.2, 0.25) is 0 Å². The van der Waals surface area contributed by atoms with E-state index in [1.54, 1.807) is 23.1 Å². The molecule has 0 radical (unpaired) electrons. The van der Waals surface area contributed by atoms with Crippen molar-refractivity contribution in [2.45, 2.75) is 18.2 Å². The Balaban J connectivity index is 1.89. The summed E-state index contributed by atoms with van der Waals surface area (Å²) in [5.41, 5.74) is 1.95. The quantitative estimate of drug-likeness (QED) is 0.738. The average Bonchev–Trinajstić information content (AvgIpc) is 3.28. The molecule has 1 aliphatic heterocycles. The zero-order valence-corrected chi connectivity index (χ0v) is 16.4.